The van der Waals surface area contributed by atoms with Crippen molar-refractivity contribution in [3.63, 3.8) is 0 Å². The first-order valence-electron chi connectivity index (χ1n) is 10.9. The average molecular weight is 492 g/mol. The Kier molecular flexibility index (Phi) is 5.90. The lowest BCUT2D eigenvalue weighted by atomic mass is 10.1. The van der Waals surface area contributed by atoms with E-state index in [1.807, 2.05) is 6.07 Å². The lowest BCUT2D eigenvalue weighted by molar-refractivity contribution is 0.303. The Balaban J connectivity index is 1.53. The van der Waals surface area contributed by atoms with Gasteiger partial charge in [0.25, 0.3) is 5.56 Å². The van der Waals surface area contributed by atoms with Crippen LogP contribution in [0, 0.1) is 0 Å². The third-order valence-electron chi connectivity index (χ3n) is 6.28. The fraction of sp³-hybridized carbons (Fsp3) is 0.192. The monoisotopic (exact) mass is 491 g/mol. The van der Waals surface area contributed by atoms with Crippen LogP contribution < -0.4 is 10.9 Å². The highest BCUT2D eigenvalue weighted by Crippen LogP contribution is 2.30. The van der Waals surface area contributed by atoms with E-state index in [1.54, 1.807) is 30.5 Å². The number of halogens is 2. The van der Waals surface area contributed by atoms with Crippen LogP contribution >= 0.6 is 23.2 Å². The first-order chi connectivity index (χ1) is 16.4. The van der Waals surface area contributed by atoms with Crippen LogP contribution in [0.25, 0.3) is 22.7 Å². The summed E-state index contributed by atoms with van der Waals surface area (Å²) >= 11 is 12.7. The van der Waals surface area contributed by atoms with E-state index < -0.39 is 0 Å². The van der Waals surface area contributed by atoms with Crippen molar-refractivity contribution < 1.29 is 0 Å². The second-order valence-corrected chi connectivity index (χ2v) is 9.44. The summed E-state index contributed by atoms with van der Waals surface area (Å²) in [7, 11) is 4.23. The van der Waals surface area contributed by atoms with Crippen molar-refractivity contribution in [1.29, 1.82) is 0 Å². The minimum atomic E-state index is -0.311. The summed E-state index contributed by atoms with van der Waals surface area (Å²) in [5, 5.41) is 4.38. The minimum absolute atomic E-state index is 0.311. The predicted molar refractivity (Wildman–Crippen MR) is 140 cm³/mol. The summed E-state index contributed by atoms with van der Waals surface area (Å²) in [6.07, 6.45) is 6.90. The first-order valence-corrected chi connectivity index (χ1v) is 11.7. The Hall–Kier alpha value is -3.19. The molecule has 1 aliphatic carbocycles. The van der Waals surface area contributed by atoms with Crippen molar-refractivity contribution in [3.05, 3.63) is 92.5 Å². The van der Waals surface area contributed by atoms with E-state index in [-0.39, 0.29) is 5.56 Å². The van der Waals surface area contributed by atoms with Crippen molar-refractivity contribution in [1.82, 2.24) is 19.4 Å². The summed E-state index contributed by atoms with van der Waals surface area (Å²) in [4.78, 5) is 24.6. The second-order valence-electron chi connectivity index (χ2n) is 8.62. The molecule has 0 radical (unpaired) electrons. The average Bonchev–Trinajstić information content (AvgIpc) is 3.24. The van der Waals surface area contributed by atoms with Crippen LogP contribution in [0.3, 0.4) is 0 Å². The van der Waals surface area contributed by atoms with Crippen LogP contribution in [-0.2, 0) is 12.8 Å². The van der Waals surface area contributed by atoms with E-state index in [2.05, 4.69) is 53.0 Å². The molecule has 6 nitrogen and oxygen atoms in total. The summed E-state index contributed by atoms with van der Waals surface area (Å²) in [6.45, 7) is 3.90. The Morgan fingerprint density at radius 3 is 2.59 bits per heavy atom. The highest BCUT2D eigenvalue weighted by molar-refractivity contribution is 6.37. The molecule has 0 fully saturated rings. The summed E-state index contributed by atoms with van der Waals surface area (Å²) in [6, 6.07) is 12.0. The SMILES string of the molecule is C=Cc1cn(-c2c(Cl)cccc2Cl)c(=O)c2cnc(Nc3ccc4c(c3)CC(N(C)C)C4)nc12. The molecule has 0 aliphatic heterocycles. The lowest BCUT2D eigenvalue weighted by Crippen LogP contribution is -2.27. The molecule has 4 aromatic rings. The maximum Gasteiger partial charge on any atom is 0.266 e. The zero-order valence-electron chi connectivity index (χ0n) is 18.8. The molecule has 5 rings (SSSR count). The van der Waals surface area contributed by atoms with Gasteiger partial charge in [-0.3, -0.25) is 9.36 Å². The molecule has 0 spiro atoms. The van der Waals surface area contributed by atoms with Gasteiger partial charge < -0.3 is 10.2 Å². The van der Waals surface area contributed by atoms with Crippen molar-refractivity contribution in [2.75, 3.05) is 19.4 Å². The van der Waals surface area contributed by atoms with Gasteiger partial charge in [0, 0.05) is 29.7 Å². The number of para-hydroxylation sites is 1. The third-order valence-corrected chi connectivity index (χ3v) is 6.89. The van der Waals surface area contributed by atoms with E-state index in [1.165, 1.54) is 21.9 Å². The molecule has 8 heteroatoms. The van der Waals surface area contributed by atoms with Crippen LogP contribution in [0.2, 0.25) is 10.0 Å². The van der Waals surface area contributed by atoms with E-state index in [9.17, 15) is 4.79 Å². The van der Waals surface area contributed by atoms with Crippen LogP contribution in [0.5, 0.6) is 0 Å². The number of anilines is 2. The molecule has 1 N–H and O–H groups in total. The predicted octanol–water partition coefficient (Wildman–Crippen LogP) is 5.50. The maximum absolute atomic E-state index is 13.3. The quantitative estimate of drug-likeness (QED) is 0.399. The molecule has 2 heterocycles. The molecule has 172 valence electrons. The fourth-order valence-electron chi connectivity index (χ4n) is 4.41. The number of fused-ring (bicyclic) bond motifs is 2. The number of likely N-dealkylation sites (N-methyl/N-ethyl adjacent to an activating group) is 1. The molecule has 1 unspecified atom stereocenters. The van der Waals surface area contributed by atoms with E-state index >= 15 is 0 Å². The second kappa shape index (κ2) is 8.87. The Bertz CT molecular complexity index is 1470. The number of benzene rings is 2. The lowest BCUT2D eigenvalue weighted by Gasteiger charge is -2.17. The van der Waals surface area contributed by atoms with Crippen LogP contribution in [0.1, 0.15) is 16.7 Å². The standard InChI is InChI=1S/C26H23Cl2N5O/c1-4-15-14-33(24-21(27)6-5-7-22(24)28)25(34)20-13-29-26(31-23(15)20)30-18-9-8-16-11-19(32(2)3)12-17(16)10-18/h4-10,13-14,19H,1,11-12H2,2-3H3,(H,29,30,31). The van der Waals surface area contributed by atoms with Crippen molar-refractivity contribution in [2.24, 2.45) is 0 Å². The Labute approximate surface area is 207 Å². The number of aromatic nitrogens is 3. The van der Waals surface area contributed by atoms with Crippen LogP contribution in [0.15, 0.2) is 60.2 Å². The third kappa shape index (κ3) is 3.98. The van der Waals surface area contributed by atoms with Gasteiger partial charge in [-0.15, -0.1) is 0 Å². The first kappa shape index (κ1) is 22.6. The number of nitrogens with zero attached hydrogens (tertiary/aromatic N) is 4. The Morgan fingerprint density at radius 1 is 1.15 bits per heavy atom. The zero-order valence-corrected chi connectivity index (χ0v) is 20.4. The summed E-state index contributed by atoms with van der Waals surface area (Å²) in [5.41, 5.74) is 4.89. The molecule has 0 bridgehead atoms. The number of nitrogens with one attached hydrogen (secondary N) is 1. The number of hydrogen-bond acceptors (Lipinski definition) is 5. The van der Waals surface area contributed by atoms with Gasteiger partial charge in [0.1, 0.15) is 0 Å². The smallest absolute Gasteiger partial charge is 0.266 e. The normalized spacial score (nSPS) is 15.0. The van der Waals surface area contributed by atoms with E-state index in [0.29, 0.717) is 44.2 Å². The van der Waals surface area contributed by atoms with E-state index in [0.717, 1.165) is 18.5 Å². The molecule has 1 aliphatic rings. The van der Waals surface area contributed by atoms with Crippen LogP contribution in [-0.4, -0.2) is 39.6 Å². The van der Waals surface area contributed by atoms with Gasteiger partial charge in [-0.2, -0.15) is 0 Å². The molecule has 2 aromatic heterocycles. The molecular formula is C26H23Cl2N5O. The molecular weight excluding hydrogens is 469 g/mol. The number of hydrogen-bond donors (Lipinski definition) is 1. The zero-order chi connectivity index (χ0) is 24.0. The highest BCUT2D eigenvalue weighted by Gasteiger charge is 2.23. The van der Waals surface area contributed by atoms with Gasteiger partial charge in [-0.05, 0) is 62.3 Å². The molecule has 0 saturated heterocycles. The van der Waals surface area contributed by atoms with Crippen molar-refractivity contribution in [3.8, 4) is 5.69 Å². The van der Waals surface area contributed by atoms with Crippen LogP contribution in [0.4, 0.5) is 11.6 Å². The van der Waals surface area contributed by atoms with E-state index in [4.69, 9.17) is 23.2 Å². The number of rotatable bonds is 5. The van der Waals surface area contributed by atoms with Gasteiger partial charge in [-0.25, -0.2) is 9.97 Å². The van der Waals surface area contributed by atoms with Gasteiger partial charge in [-0.1, -0.05) is 48.0 Å². The molecule has 2 aromatic carbocycles. The van der Waals surface area contributed by atoms with Gasteiger partial charge in [0.05, 0.1) is 26.6 Å². The Morgan fingerprint density at radius 2 is 1.88 bits per heavy atom. The number of pyridine rings is 1. The van der Waals surface area contributed by atoms with Crippen molar-refractivity contribution in [2.45, 2.75) is 18.9 Å². The molecule has 34 heavy (non-hydrogen) atoms. The minimum Gasteiger partial charge on any atom is -0.324 e. The highest BCUT2D eigenvalue weighted by atomic mass is 35.5. The summed E-state index contributed by atoms with van der Waals surface area (Å²) in [5.74, 6) is 0.408. The molecule has 0 amide bonds. The molecule has 0 saturated carbocycles. The topological polar surface area (TPSA) is 63.1 Å². The van der Waals surface area contributed by atoms with Crippen molar-refractivity contribution >= 4 is 51.8 Å². The van der Waals surface area contributed by atoms with Gasteiger partial charge in [0.2, 0.25) is 5.95 Å². The molecule has 1 atom stereocenters. The fourth-order valence-corrected chi connectivity index (χ4v) is 4.99. The van der Waals surface area contributed by atoms with Gasteiger partial charge >= 0.3 is 0 Å². The largest absolute Gasteiger partial charge is 0.324 e. The van der Waals surface area contributed by atoms with Gasteiger partial charge in [0.15, 0.2) is 0 Å². The summed E-state index contributed by atoms with van der Waals surface area (Å²) < 4.78 is 1.42. The maximum atomic E-state index is 13.3.